The van der Waals surface area contributed by atoms with Gasteiger partial charge in [-0.3, -0.25) is 9.78 Å². The minimum absolute atomic E-state index is 0.184. The lowest BCUT2D eigenvalue weighted by Crippen LogP contribution is -2.23. The maximum atomic E-state index is 12.3. The smallest absolute Gasteiger partial charge is 0.273 e. The Kier molecular flexibility index (Phi) is 5.01. The Morgan fingerprint density at radius 3 is 2.89 bits per heavy atom. The minimum Gasteiger partial charge on any atom is -0.486 e. The normalized spacial score (nSPS) is 10.8. The number of carbonyl (C=O) groups is 1. The van der Waals surface area contributed by atoms with E-state index in [0.717, 1.165) is 22.0 Å². The number of pyridine rings is 1. The summed E-state index contributed by atoms with van der Waals surface area (Å²) in [6, 6.07) is 19.0. The molecule has 0 aliphatic rings. The van der Waals surface area contributed by atoms with E-state index in [4.69, 9.17) is 9.26 Å². The highest BCUT2D eigenvalue weighted by Crippen LogP contribution is 2.20. The van der Waals surface area contributed by atoms with Crippen molar-refractivity contribution in [2.45, 2.75) is 20.1 Å². The third-order valence-corrected chi connectivity index (χ3v) is 4.45. The number of aromatic nitrogens is 2. The molecule has 6 nitrogen and oxygen atoms in total. The molecule has 0 atom stereocenters. The topological polar surface area (TPSA) is 77.2 Å². The van der Waals surface area contributed by atoms with Crippen molar-refractivity contribution in [3.8, 4) is 5.75 Å². The molecule has 0 bridgehead atoms. The van der Waals surface area contributed by atoms with Gasteiger partial charge in [-0.15, -0.1) is 0 Å². The van der Waals surface area contributed by atoms with Gasteiger partial charge in [-0.25, -0.2) is 0 Å². The first-order valence-corrected chi connectivity index (χ1v) is 8.95. The Labute approximate surface area is 162 Å². The number of nitrogens with one attached hydrogen (secondary N) is 1. The van der Waals surface area contributed by atoms with Crippen molar-refractivity contribution in [2.75, 3.05) is 0 Å². The molecule has 2 aromatic carbocycles. The Hall–Kier alpha value is -3.67. The van der Waals surface area contributed by atoms with Gasteiger partial charge in [-0.1, -0.05) is 35.5 Å². The predicted molar refractivity (Wildman–Crippen MR) is 105 cm³/mol. The number of aryl methyl sites for hydroxylation is 1. The second kappa shape index (κ2) is 7.92. The molecule has 140 valence electrons. The molecule has 2 heterocycles. The first kappa shape index (κ1) is 17.7. The van der Waals surface area contributed by atoms with Crippen LogP contribution < -0.4 is 10.1 Å². The quantitative estimate of drug-likeness (QED) is 0.552. The zero-order valence-electron chi connectivity index (χ0n) is 15.4. The van der Waals surface area contributed by atoms with Crippen molar-refractivity contribution in [2.24, 2.45) is 0 Å². The maximum absolute atomic E-state index is 12.3. The van der Waals surface area contributed by atoms with Crippen molar-refractivity contribution in [1.82, 2.24) is 15.5 Å². The molecule has 2 aromatic heterocycles. The summed E-state index contributed by atoms with van der Waals surface area (Å²) in [6.45, 7) is 2.63. The summed E-state index contributed by atoms with van der Waals surface area (Å²) in [7, 11) is 0. The lowest BCUT2D eigenvalue weighted by Gasteiger charge is -2.06. The van der Waals surface area contributed by atoms with Crippen molar-refractivity contribution in [3.05, 3.63) is 89.4 Å². The van der Waals surface area contributed by atoms with E-state index in [0.29, 0.717) is 18.1 Å². The van der Waals surface area contributed by atoms with Gasteiger partial charge in [0.25, 0.3) is 5.91 Å². The van der Waals surface area contributed by atoms with Gasteiger partial charge in [0, 0.05) is 24.2 Å². The van der Waals surface area contributed by atoms with Crippen LogP contribution in [0.3, 0.4) is 0 Å². The van der Waals surface area contributed by atoms with E-state index in [-0.39, 0.29) is 18.2 Å². The van der Waals surface area contributed by atoms with E-state index >= 15 is 0 Å². The van der Waals surface area contributed by atoms with Crippen molar-refractivity contribution in [3.63, 3.8) is 0 Å². The number of ether oxygens (including phenoxy) is 1. The van der Waals surface area contributed by atoms with Crippen LogP contribution in [-0.2, 0) is 13.2 Å². The highest BCUT2D eigenvalue weighted by Gasteiger charge is 2.13. The summed E-state index contributed by atoms with van der Waals surface area (Å²) in [4.78, 5) is 16.6. The number of fused-ring (bicyclic) bond motifs is 1. The van der Waals surface area contributed by atoms with E-state index in [9.17, 15) is 4.79 Å². The van der Waals surface area contributed by atoms with Gasteiger partial charge in [0.2, 0.25) is 0 Å². The summed E-state index contributed by atoms with van der Waals surface area (Å²) in [5.74, 6) is 0.893. The fraction of sp³-hybridized carbons (Fsp3) is 0.136. The molecule has 0 fully saturated rings. The molecule has 0 radical (unpaired) electrons. The number of carbonyl (C=O) groups excluding carboxylic acids is 1. The van der Waals surface area contributed by atoms with E-state index in [1.54, 1.807) is 12.3 Å². The molecular formula is C22H19N3O3. The van der Waals surface area contributed by atoms with Crippen molar-refractivity contribution in [1.29, 1.82) is 0 Å². The minimum atomic E-state index is -0.282. The second-order valence-electron chi connectivity index (χ2n) is 6.43. The number of hydrogen-bond acceptors (Lipinski definition) is 5. The molecule has 0 unspecified atom stereocenters. The number of rotatable bonds is 6. The highest BCUT2D eigenvalue weighted by molar-refractivity contribution is 5.92. The average Bonchev–Trinajstić information content (AvgIpc) is 3.20. The van der Waals surface area contributed by atoms with E-state index in [1.807, 2.05) is 61.5 Å². The van der Waals surface area contributed by atoms with Crippen LogP contribution >= 0.6 is 0 Å². The zero-order valence-corrected chi connectivity index (χ0v) is 15.4. The fourth-order valence-electron chi connectivity index (χ4n) is 2.86. The maximum Gasteiger partial charge on any atom is 0.273 e. The third kappa shape index (κ3) is 4.01. The molecule has 4 rings (SSSR count). The Morgan fingerprint density at radius 1 is 1.11 bits per heavy atom. The summed E-state index contributed by atoms with van der Waals surface area (Å²) in [5.41, 5.74) is 3.33. The van der Waals surface area contributed by atoms with E-state index in [2.05, 4.69) is 15.5 Å². The lowest BCUT2D eigenvalue weighted by atomic mass is 10.1. The van der Waals surface area contributed by atoms with Crippen LogP contribution in [0.5, 0.6) is 5.75 Å². The van der Waals surface area contributed by atoms with Gasteiger partial charge < -0.3 is 14.6 Å². The Bertz CT molecular complexity index is 1120. The van der Waals surface area contributed by atoms with Crippen LogP contribution in [0.1, 0.15) is 27.4 Å². The van der Waals surface area contributed by atoms with Crippen LogP contribution in [0.4, 0.5) is 0 Å². The SMILES string of the molecule is Cc1ccccc1CNC(=O)c1cc(COc2ccc3ncccc3c2)on1. The van der Waals surface area contributed by atoms with E-state index < -0.39 is 0 Å². The van der Waals surface area contributed by atoms with Gasteiger partial charge in [0.15, 0.2) is 11.5 Å². The molecule has 4 aromatic rings. The van der Waals surface area contributed by atoms with Crippen LogP contribution in [0, 0.1) is 6.92 Å². The van der Waals surface area contributed by atoms with Crippen LogP contribution in [-0.4, -0.2) is 16.0 Å². The Morgan fingerprint density at radius 2 is 2.00 bits per heavy atom. The van der Waals surface area contributed by atoms with Gasteiger partial charge in [0.05, 0.1) is 5.52 Å². The van der Waals surface area contributed by atoms with Crippen molar-refractivity contribution >= 4 is 16.8 Å². The largest absolute Gasteiger partial charge is 0.486 e. The van der Waals surface area contributed by atoms with Crippen LogP contribution in [0.2, 0.25) is 0 Å². The predicted octanol–water partition coefficient (Wildman–Crippen LogP) is 4.04. The molecule has 0 aliphatic carbocycles. The molecule has 1 amide bonds. The molecule has 0 spiro atoms. The molecule has 0 saturated heterocycles. The number of benzene rings is 2. The van der Waals surface area contributed by atoms with Gasteiger partial charge in [-0.05, 0) is 42.3 Å². The van der Waals surface area contributed by atoms with Gasteiger partial charge in [0.1, 0.15) is 12.4 Å². The zero-order chi connectivity index (χ0) is 19.3. The Balaban J connectivity index is 1.35. The van der Waals surface area contributed by atoms with Crippen molar-refractivity contribution < 1.29 is 14.1 Å². The highest BCUT2D eigenvalue weighted by atomic mass is 16.5. The molecule has 0 aliphatic heterocycles. The monoisotopic (exact) mass is 373 g/mol. The third-order valence-electron chi connectivity index (χ3n) is 4.45. The van der Waals surface area contributed by atoms with Crippen LogP contribution in [0.25, 0.3) is 10.9 Å². The van der Waals surface area contributed by atoms with E-state index in [1.165, 1.54) is 0 Å². The first-order valence-electron chi connectivity index (χ1n) is 8.95. The summed E-state index contributed by atoms with van der Waals surface area (Å²) < 4.78 is 11.0. The number of amides is 1. The molecule has 1 N–H and O–H groups in total. The summed E-state index contributed by atoms with van der Waals surface area (Å²) >= 11 is 0. The first-order chi connectivity index (χ1) is 13.7. The molecule has 6 heteroatoms. The number of hydrogen-bond donors (Lipinski definition) is 1. The summed E-state index contributed by atoms with van der Waals surface area (Å²) in [6.07, 6.45) is 1.75. The molecular weight excluding hydrogens is 354 g/mol. The standard InChI is InChI=1S/C22H19N3O3/c1-15-5-2-3-6-17(15)13-24-22(26)21-12-19(28-25-21)14-27-18-8-9-20-16(11-18)7-4-10-23-20/h2-12H,13-14H2,1H3,(H,24,26). The average molecular weight is 373 g/mol. The van der Waals surface area contributed by atoms with Gasteiger partial charge in [-0.2, -0.15) is 0 Å². The van der Waals surface area contributed by atoms with Gasteiger partial charge >= 0.3 is 0 Å². The summed E-state index contributed by atoms with van der Waals surface area (Å²) in [5, 5.41) is 7.68. The molecule has 28 heavy (non-hydrogen) atoms. The number of nitrogens with zero attached hydrogens (tertiary/aromatic N) is 2. The fourth-order valence-corrected chi connectivity index (χ4v) is 2.86. The molecule has 0 saturated carbocycles. The lowest BCUT2D eigenvalue weighted by molar-refractivity contribution is 0.0941. The van der Waals surface area contributed by atoms with Crippen LogP contribution in [0.15, 0.2) is 71.4 Å². The second-order valence-corrected chi connectivity index (χ2v) is 6.43.